The van der Waals surface area contributed by atoms with Crippen molar-refractivity contribution < 1.29 is 19.4 Å². The van der Waals surface area contributed by atoms with Crippen LogP contribution in [0.15, 0.2) is 18.2 Å². The molecule has 0 saturated carbocycles. The minimum Gasteiger partial charge on any atom is -0.496 e. The topological polar surface area (TPSA) is 75.6 Å². The summed E-state index contributed by atoms with van der Waals surface area (Å²) in [6, 6.07) is 4.81. The van der Waals surface area contributed by atoms with Gasteiger partial charge in [-0.15, -0.1) is 0 Å². The summed E-state index contributed by atoms with van der Waals surface area (Å²) in [5.74, 6) is -0.251. The van der Waals surface area contributed by atoms with Crippen LogP contribution in [0.5, 0.6) is 5.75 Å². The summed E-state index contributed by atoms with van der Waals surface area (Å²) in [6.45, 7) is 4.70. The van der Waals surface area contributed by atoms with Gasteiger partial charge in [-0.2, -0.15) is 0 Å². The second-order valence-electron chi connectivity index (χ2n) is 5.65. The van der Waals surface area contributed by atoms with E-state index in [0.717, 1.165) is 31.2 Å². The lowest BCUT2D eigenvalue weighted by Gasteiger charge is -2.16. The second-order valence-corrected chi connectivity index (χ2v) is 5.65. The van der Waals surface area contributed by atoms with Crippen LogP contribution in [-0.2, 0) is 11.2 Å². The van der Waals surface area contributed by atoms with Crippen LogP contribution >= 0.6 is 0 Å². The third kappa shape index (κ3) is 5.93. The van der Waals surface area contributed by atoms with Crippen molar-refractivity contribution >= 4 is 11.9 Å². The minimum absolute atomic E-state index is 0.0845. The highest BCUT2D eigenvalue weighted by Crippen LogP contribution is 2.21. The largest absolute Gasteiger partial charge is 0.496 e. The monoisotopic (exact) mass is 321 g/mol. The molecule has 0 unspecified atom stereocenters. The predicted molar refractivity (Wildman–Crippen MR) is 90.0 cm³/mol. The SMILES string of the molecule is CCCC(CCC)C(=O)NCCc1ccc(C(=O)O)cc1OC. The fraction of sp³-hybridized carbons (Fsp3) is 0.556. The Morgan fingerprint density at radius 1 is 1.22 bits per heavy atom. The molecule has 1 rings (SSSR count). The lowest BCUT2D eigenvalue weighted by Crippen LogP contribution is -2.32. The van der Waals surface area contributed by atoms with E-state index in [9.17, 15) is 9.59 Å². The van der Waals surface area contributed by atoms with Crippen molar-refractivity contribution in [2.75, 3.05) is 13.7 Å². The van der Waals surface area contributed by atoms with Gasteiger partial charge in [-0.3, -0.25) is 4.79 Å². The van der Waals surface area contributed by atoms with Crippen LogP contribution in [0, 0.1) is 5.92 Å². The number of carbonyl (C=O) groups is 2. The predicted octanol–water partition coefficient (Wildman–Crippen LogP) is 3.27. The Hall–Kier alpha value is -2.04. The van der Waals surface area contributed by atoms with Crippen LogP contribution in [0.3, 0.4) is 0 Å². The summed E-state index contributed by atoms with van der Waals surface area (Å²) in [6.07, 6.45) is 4.44. The smallest absolute Gasteiger partial charge is 0.335 e. The van der Waals surface area contributed by atoms with Crippen LogP contribution in [-0.4, -0.2) is 30.6 Å². The molecule has 0 aliphatic rings. The molecule has 0 radical (unpaired) electrons. The van der Waals surface area contributed by atoms with Gasteiger partial charge >= 0.3 is 5.97 Å². The van der Waals surface area contributed by atoms with Crippen molar-refractivity contribution in [3.8, 4) is 5.75 Å². The van der Waals surface area contributed by atoms with Gasteiger partial charge in [0.05, 0.1) is 12.7 Å². The number of carboxylic acid groups (broad SMARTS) is 1. The Balaban J connectivity index is 2.61. The number of nitrogens with one attached hydrogen (secondary N) is 1. The summed E-state index contributed by atoms with van der Waals surface area (Å²) in [5.41, 5.74) is 1.08. The van der Waals surface area contributed by atoms with Gasteiger partial charge in [0, 0.05) is 12.5 Å². The molecule has 0 spiro atoms. The number of aromatic carboxylic acids is 1. The molecular formula is C18H27NO4. The third-order valence-corrected chi connectivity index (χ3v) is 3.87. The number of hydrogen-bond acceptors (Lipinski definition) is 3. The maximum atomic E-state index is 12.2. The van der Waals surface area contributed by atoms with Crippen LogP contribution < -0.4 is 10.1 Å². The third-order valence-electron chi connectivity index (χ3n) is 3.87. The summed E-state index contributed by atoms with van der Waals surface area (Å²) < 4.78 is 5.24. The van der Waals surface area contributed by atoms with E-state index >= 15 is 0 Å². The Morgan fingerprint density at radius 3 is 2.39 bits per heavy atom. The molecular weight excluding hydrogens is 294 g/mol. The lowest BCUT2D eigenvalue weighted by atomic mass is 9.97. The Labute approximate surface area is 138 Å². The molecule has 1 aromatic rings. The van der Waals surface area contributed by atoms with Gasteiger partial charge in [0.2, 0.25) is 5.91 Å². The van der Waals surface area contributed by atoms with Gasteiger partial charge < -0.3 is 15.2 Å². The van der Waals surface area contributed by atoms with Gasteiger partial charge in [0.25, 0.3) is 0 Å². The first-order valence-electron chi connectivity index (χ1n) is 8.21. The molecule has 0 atom stereocenters. The van der Waals surface area contributed by atoms with E-state index < -0.39 is 5.97 Å². The van der Waals surface area contributed by atoms with Crippen molar-refractivity contribution in [1.82, 2.24) is 5.32 Å². The number of carbonyl (C=O) groups excluding carboxylic acids is 1. The van der Waals surface area contributed by atoms with Crippen LogP contribution in [0.4, 0.5) is 0 Å². The van der Waals surface area contributed by atoms with Crippen LogP contribution in [0.2, 0.25) is 0 Å². The van der Waals surface area contributed by atoms with E-state index in [1.54, 1.807) is 12.1 Å². The first-order valence-corrected chi connectivity index (χ1v) is 8.21. The number of carboxylic acids is 1. The first-order chi connectivity index (χ1) is 11.0. The lowest BCUT2D eigenvalue weighted by molar-refractivity contribution is -0.125. The standard InChI is InChI=1S/C18H27NO4/c1-4-6-14(7-5-2)17(20)19-11-10-13-8-9-15(18(21)22)12-16(13)23-3/h8-9,12,14H,4-7,10-11H2,1-3H3,(H,19,20)(H,21,22). The fourth-order valence-electron chi connectivity index (χ4n) is 2.65. The van der Waals surface area contributed by atoms with E-state index in [4.69, 9.17) is 9.84 Å². The maximum Gasteiger partial charge on any atom is 0.335 e. The van der Waals surface area contributed by atoms with Crippen molar-refractivity contribution in [3.63, 3.8) is 0 Å². The highest BCUT2D eigenvalue weighted by Gasteiger charge is 2.16. The number of benzene rings is 1. The Kier molecular flexibility index (Phi) is 8.16. The molecule has 5 nitrogen and oxygen atoms in total. The van der Waals surface area contributed by atoms with E-state index in [1.807, 2.05) is 0 Å². The van der Waals surface area contributed by atoms with Crippen molar-refractivity contribution in [2.24, 2.45) is 5.92 Å². The zero-order valence-electron chi connectivity index (χ0n) is 14.2. The number of hydrogen-bond donors (Lipinski definition) is 2. The fourth-order valence-corrected chi connectivity index (χ4v) is 2.65. The highest BCUT2D eigenvalue weighted by molar-refractivity contribution is 5.88. The normalized spacial score (nSPS) is 10.6. The van der Waals surface area contributed by atoms with Crippen LogP contribution in [0.25, 0.3) is 0 Å². The van der Waals surface area contributed by atoms with Gasteiger partial charge in [-0.1, -0.05) is 32.8 Å². The van der Waals surface area contributed by atoms with E-state index in [0.29, 0.717) is 18.7 Å². The number of ether oxygens (including phenoxy) is 1. The molecule has 0 heterocycles. The molecule has 0 aliphatic heterocycles. The minimum atomic E-state index is -0.981. The molecule has 1 amide bonds. The maximum absolute atomic E-state index is 12.2. The number of amides is 1. The summed E-state index contributed by atoms with van der Waals surface area (Å²) in [4.78, 5) is 23.2. The van der Waals surface area contributed by atoms with Crippen molar-refractivity contribution in [1.29, 1.82) is 0 Å². The molecule has 128 valence electrons. The molecule has 0 fully saturated rings. The second kappa shape index (κ2) is 9.87. The molecule has 0 aromatic heterocycles. The van der Waals surface area contributed by atoms with Gasteiger partial charge in [0.15, 0.2) is 0 Å². The average molecular weight is 321 g/mol. The molecule has 0 aliphatic carbocycles. The van der Waals surface area contributed by atoms with Crippen molar-refractivity contribution in [2.45, 2.75) is 46.0 Å². The van der Waals surface area contributed by atoms with E-state index in [1.165, 1.54) is 13.2 Å². The van der Waals surface area contributed by atoms with E-state index in [-0.39, 0.29) is 17.4 Å². The van der Waals surface area contributed by atoms with Gasteiger partial charge in [-0.05, 0) is 37.0 Å². The zero-order valence-corrected chi connectivity index (χ0v) is 14.2. The quantitative estimate of drug-likeness (QED) is 0.693. The molecule has 5 heteroatoms. The number of methoxy groups -OCH3 is 1. The molecule has 0 bridgehead atoms. The average Bonchev–Trinajstić information content (AvgIpc) is 2.54. The Bertz CT molecular complexity index is 522. The van der Waals surface area contributed by atoms with Gasteiger partial charge in [-0.25, -0.2) is 4.79 Å². The van der Waals surface area contributed by atoms with Crippen LogP contribution in [0.1, 0.15) is 55.5 Å². The highest BCUT2D eigenvalue weighted by atomic mass is 16.5. The molecule has 1 aromatic carbocycles. The summed E-state index contributed by atoms with van der Waals surface area (Å²) in [7, 11) is 1.52. The van der Waals surface area contributed by atoms with Gasteiger partial charge in [0.1, 0.15) is 5.75 Å². The molecule has 2 N–H and O–H groups in total. The van der Waals surface area contributed by atoms with Crippen molar-refractivity contribution in [3.05, 3.63) is 29.3 Å². The van der Waals surface area contributed by atoms with E-state index in [2.05, 4.69) is 19.2 Å². The first kappa shape index (κ1) is 19.0. The number of rotatable bonds is 10. The Morgan fingerprint density at radius 2 is 1.87 bits per heavy atom. The molecule has 23 heavy (non-hydrogen) atoms. The zero-order chi connectivity index (χ0) is 17.2. The summed E-state index contributed by atoms with van der Waals surface area (Å²) >= 11 is 0. The molecule has 0 saturated heterocycles. The summed E-state index contributed by atoms with van der Waals surface area (Å²) in [5, 5.41) is 12.0.